The minimum atomic E-state index is -0.686. The van der Waals surface area contributed by atoms with Crippen LogP contribution in [-0.2, 0) is 0 Å². The number of phenols is 1. The van der Waals surface area contributed by atoms with Crippen LogP contribution in [0.4, 0.5) is 4.39 Å². The number of hydrogen-bond donors (Lipinski definition) is 1. The Bertz CT molecular complexity index is 330. The standard InChI is InChI=1S/C9H8FNO/c1-6(5-11)7-2-3-9(12)8(10)4-7/h2-4,6,12H,1H3. The number of benzene rings is 1. The van der Waals surface area contributed by atoms with Gasteiger partial charge in [0, 0.05) is 0 Å². The Morgan fingerprint density at radius 3 is 2.75 bits per heavy atom. The molecule has 0 saturated carbocycles. The molecule has 0 aliphatic heterocycles. The lowest BCUT2D eigenvalue weighted by atomic mass is 10.0. The van der Waals surface area contributed by atoms with Crippen molar-refractivity contribution >= 4 is 0 Å². The Balaban J connectivity index is 3.06. The molecule has 0 aromatic heterocycles. The fourth-order valence-electron chi connectivity index (χ4n) is 0.867. The quantitative estimate of drug-likeness (QED) is 0.692. The highest BCUT2D eigenvalue weighted by Gasteiger charge is 2.06. The first-order valence-corrected chi connectivity index (χ1v) is 3.53. The van der Waals surface area contributed by atoms with Gasteiger partial charge in [0.15, 0.2) is 11.6 Å². The molecular formula is C9H8FNO. The van der Waals surface area contributed by atoms with Crippen LogP contribution in [0.15, 0.2) is 18.2 Å². The summed E-state index contributed by atoms with van der Waals surface area (Å²) in [7, 11) is 0. The molecular weight excluding hydrogens is 157 g/mol. The number of rotatable bonds is 1. The first-order valence-electron chi connectivity index (χ1n) is 3.53. The van der Waals surface area contributed by atoms with Gasteiger partial charge in [0.1, 0.15) is 0 Å². The number of hydrogen-bond acceptors (Lipinski definition) is 2. The number of halogens is 1. The van der Waals surface area contributed by atoms with Crippen molar-refractivity contribution in [2.24, 2.45) is 0 Å². The molecule has 1 aromatic rings. The van der Waals surface area contributed by atoms with Gasteiger partial charge in [0.05, 0.1) is 12.0 Å². The van der Waals surface area contributed by atoms with E-state index in [1.165, 1.54) is 18.2 Å². The topological polar surface area (TPSA) is 44.0 Å². The lowest BCUT2D eigenvalue weighted by Gasteiger charge is -2.02. The molecule has 0 aliphatic rings. The SMILES string of the molecule is CC(C#N)c1ccc(O)c(F)c1. The van der Waals surface area contributed by atoms with E-state index in [4.69, 9.17) is 10.4 Å². The number of aromatic hydroxyl groups is 1. The third-order valence-corrected chi connectivity index (χ3v) is 1.67. The molecule has 12 heavy (non-hydrogen) atoms. The predicted octanol–water partition coefficient (Wildman–Crippen LogP) is 2.16. The summed E-state index contributed by atoms with van der Waals surface area (Å²) in [5, 5.41) is 17.4. The highest BCUT2D eigenvalue weighted by Crippen LogP contribution is 2.21. The molecule has 1 rings (SSSR count). The molecule has 62 valence electrons. The molecule has 0 amide bonds. The maximum atomic E-state index is 12.7. The normalized spacial score (nSPS) is 12.1. The smallest absolute Gasteiger partial charge is 0.165 e. The fourth-order valence-corrected chi connectivity index (χ4v) is 0.867. The van der Waals surface area contributed by atoms with Gasteiger partial charge in [-0.3, -0.25) is 0 Å². The Kier molecular flexibility index (Phi) is 2.29. The summed E-state index contributed by atoms with van der Waals surface area (Å²) in [5.74, 6) is -1.42. The molecule has 0 spiro atoms. The lowest BCUT2D eigenvalue weighted by Crippen LogP contribution is -1.90. The van der Waals surface area contributed by atoms with E-state index in [1.54, 1.807) is 6.92 Å². The number of nitrogens with zero attached hydrogens (tertiary/aromatic N) is 1. The molecule has 0 fully saturated rings. The molecule has 1 unspecified atom stereocenters. The maximum absolute atomic E-state index is 12.7. The molecule has 1 N–H and O–H groups in total. The van der Waals surface area contributed by atoms with Crippen molar-refractivity contribution in [2.75, 3.05) is 0 Å². The summed E-state index contributed by atoms with van der Waals surface area (Å²) < 4.78 is 12.7. The summed E-state index contributed by atoms with van der Waals surface area (Å²) in [6.45, 7) is 1.67. The van der Waals surface area contributed by atoms with Crippen LogP contribution >= 0.6 is 0 Å². The first kappa shape index (κ1) is 8.54. The summed E-state index contributed by atoms with van der Waals surface area (Å²) in [4.78, 5) is 0. The van der Waals surface area contributed by atoms with Gasteiger partial charge in [-0.25, -0.2) is 4.39 Å². The largest absolute Gasteiger partial charge is 0.505 e. The third kappa shape index (κ3) is 1.54. The molecule has 0 radical (unpaired) electrons. The highest BCUT2D eigenvalue weighted by molar-refractivity contribution is 5.32. The van der Waals surface area contributed by atoms with Crippen LogP contribution in [0.5, 0.6) is 5.75 Å². The zero-order valence-electron chi connectivity index (χ0n) is 6.58. The Hall–Kier alpha value is -1.56. The van der Waals surface area contributed by atoms with Crippen molar-refractivity contribution in [1.29, 1.82) is 5.26 Å². The van der Waals surface area contributed by atoms with E-state index >= 15 is 0 Å². The van der Waals surface area contributed by atoms with Crippen LogP contribution in [0.1, 0.15) is 18.4 Å². The number of phenolic OH excluding ortho intramolecular Hbond substituents is 1. The van der Waals surface area contributed by atoms with Gasteiger partial charge in [-0.2, -0.15) is 5.26 Å². The Labute approximate surface area is 69.9 Å². The minimum absolute atomic E-state index is 0.347. The summed E-state index contributed by atoms with van der Waals surface area (Å²) in [6.07, 6.45) is 0. The van der Waals surface area contributed by atoms with E-state index in [9.17, 15) is 4.39 Å². The maximum Gasteiger partial charge on any atom is 0.165 e. The van der Waals surface area contributed by atoms with Crippen LogP contribution in [-0.4, -0.2) is 5.11 Å². The van der Waals surface area contributed by atoms with Gasteiger partial charge in [0.2, 0.25) is 0 Å². The second kappa shape index (κ2) is 3.22. The van der Waals surface area contributed by atoms with E-state index < -0.39 is 5.82 Å². The van der Waals surface area contributed by atoms with Crippen LogP contribution in [0.3, 0.4) is 0 Å². The molecule has 2 nitrogen and oxygen atoms in total. The van der Waals surface area contributed by atoms with Crippen LogP contribution in [0, 0.1) is 17.1 Å². The first-order chi connectivity index (χ1) is 5.65. The molecule has 1 atom stereocenters. The van der Waals surface area contributed by atoms with E-state index in [0.717, 1.165) is 0 Å². The molecule has 0 heterocycles. The van der Waals surface area contributed by atoms with Crippen LogP contribution in [0.25, 0.3) is 0 Å². The monoisotopic (exact) mass is 165 g/mol. The van der Waals surface area contributed by atoms with Crippen molar-refractivity contribution < 1.29 is 9.50 Å². The van der Waals surface area contributed by atoms with Crippen molar-refractivity contribution in [2.45, 2.75) is 12.8 Å². The van der Waals surface area contributed by atoms with Gasteiger partial charge in [0.25, 0.3) is 0 Å². The van der Waals surface area contributed by atoms with Crippen LogP contribution < -0.4 is 0 Å². The van der Waals surface area contributed by atoms with Gasteiger partial charge in [-0.05, 0) is 24.6 Å². The highest BCUT2D eigenvalue weighted by atomic mass is 19.1. The minimum Gasteiger partial charge on any atom is -0.505 e. The van der Waals surface area contributed by atoms with E-state index in [1.807, 2.05) is 6.07 Å². The van der Waals surface area contributed by atoms with E-state index in [0.29, 0.717) is 5.56 Å². The van der Waals surface area contributed by atoms with Gasteiger partial charge >= 0.3 is 0 Å². The van der Waals surface area contributed by atoms with Crippen LogP contribution in [0.2, 0.25) is 0 Å². The number of nitriles is 1. The predicted molar refractivity (Wildman–Crippen MR) is 42.1 cm³/mol. The van der Waals surface area contributed by atoms with Gasteiger partial charge < -0.3 is 5.11 Å². The van der Waals surface area contributed by atoms with Gasteiger partial charge in [-0.15, -0.1) is 0 Å². The Morgan fingerprint density at radius 1 is 1.58 bits per heavy atom. The van der Waals surface area contributed by atoms with E-state index in [2.05, 4.69) is 0 Å². The molecule has 3 heteroatoms. The summed E-state index contributed by atoms with van der Waals surface area (Å²) >= 11 is 0. The second-order valence-electron chi connectivity index (χ2n) is 2.56. The summed E-state index contributed by atoms with van der Waals surface area (Å²) in [5.41, 5.74) is 0.577. The lowest BCUT2D eigenvalue weighted by molar-refractivity contribution is 0.431. The Morgan fingerprint density at radius 2 is 2.25 bits per heavy atom. The molecule has 0 bridgehead atoms. The zero-order chi connectivity index (χ0) is 9.14. The van der Waals surface area contributed by atoms with Crippen molar-refractivity contribution in [3.05, 3.63) is 29.6 Å². The molecule has 0 saturated heterocycles. The van der Waals surface area contributed by atoms with Crippen molar-refractivity contribution in [3.8, 4) is 11.8 Å². The van der Waals surface area contributed by atoms with Gasteiger partial charge in [-0.1, -0.05) is 6.07 Å². The average Bonchev–Trinajstić information content (AvgIpc) is 2.08. The van der Waals surface area contributed by atoms with Crippen molar-refractivity contribution in [3.63, 3.8) is 0 Å². The zero-order valence-corrected chi connectivity index (χ0v) is 6.58. The molecule has 0 aliphatic carbocycles. The third-order valence-electron chi connectivity index (χ3n) is 1.67. The molecule has 1 aromatic carbocycles. The fraction of sp³-hybridized carbons (Fsp3) is 0.222. The average molecular weight is 165 g/mol. The van der Waals surface area contributed by atoms with Crippen molar-refractivity contribution in [1.82, 2.24) is 0 Å². The summed E-state index contributed by atoms with van der Waals surface area (Å²) in [6, 6.07) is 5.93. The van der Waals surface area contributed by atoms with E-state index in [-0.39, 0.29) is 11.7 Å². The second-order valence-corrected chi connectivity index (χ2v) is 2.56.